The van der Waals surface area contributed by atoms with Crippen LogP contribution < -0.4 is 0 Å². The van der Waals surface area contributed by atoms with Crippen LogP contribution in [0.1, 0.15) is 20.3 Å². The highest BCUT2D eigenvalue weighted by Gasteiger charge is 2.20. The minimum absolute atomic E-state index is 0.332. The largest absolute Gasteiger partial charge is 0.389 e. The van der Waals surface area contributed by atoms with E-state index >= 15 is 0 Å². The summed E-state index contributed by atoms with van der Waals surface area (Å²) in [5.74, 6) is 0. The van der Waals surface area contributed by atoms with Crippen molar-refractivity contribution in [3.05, 3.63) is 0 Å². The standard InChI is InChI=1S/C10H23NO3/c1-5-10(2,13)8-11(3)6-9(12)7-14-4/h9,12-13H,5-8H2,1-4H3. The number of hydrogen-bond acceptors (Lipinski definition) is 4. The second kappa shape index (κ2) is 6.35. The van der Waals surface area contributed by atoms with E-state index in [0.29, 0.717) is 26.1 Å². The fourth-order valence-corrected chi connectivity index (χ4v) is 1.36. The van der Waals surface area contributed by atoms with Crippen molar-refractivity contribution in [1.82, 2.24) is 4.90 Å². The minimum Gasteiger partial charge on any atom is -0.389 e. The lowest BCUT2D eigenvalue weighted by molar-refractivity contribution is -0.00226. The van der Waals surface area contributed by atoms with Crippen LogP contribution in [0.4, 0.5) is 0 Å². The predicted molar refractivity (Wildman–Crippen MR) is 56.3 cm³/mol. The molecule has 4 nitrogen and oxygen atoms in total. The van der Waals surface area contributed by atoms with Crippen molar-refractivity contribution in [2.24, 2.45) is 0 Å². The van der Waals surface area contributed by atoms with Crippen molar-refractivity contribution >= 4 is 0 Å². The van der Waals surface area contributed by atoms with E-state index in [1.807, 2.05) is 18.9 Å². The molecule has 0 aliphatic rings. The van der Waals surface area contributed by atoms with Crippen LogP contribution in [0.15, 0.2) is 0 Å². The molecule has 0 bridgehead atoms. The summed E-state index contributed by atoms with van der Waals surface area (Å²) in [6.07, 6.45) is 0.218. The zero-order valence-electron chi connectivity index (χ0n) is 9.66. The highest BCUT2D eigenvalue weighted by atomic mass is 16.5. The summed E-state index contributed by atoms with van der Waals surface area (Å²) in [6.45, 7) is 5.15. The van der Waals surface area contributed by atoms with Crippen molar-refractivity contribution in [3.63, 3.8) is 0 Å². The molecule has 4 heteroatoms. The maximum Gasteiger partial charge on any atom is 0.0899 e. The molecule has 0 aromatic heterocycles. The van der Waals surface area contributed by atoms with Crippen molar-refractivity contribution in [1.29, 1.82) is 0 Å². The molecule has 2 unspecified atom stereocenters. The zero-order valence-corrected chi connectivity index (χ0v) is 9.66. The van der Waals surface area contributed by atoms with Gasteiger partial charge in [-0.2, -0.15) is 0 Å². The van der Waals surface area contributed by atoms with Crippen molar-refractivity contribution in [2.75, 3.05) is 33.9 Å². The van der Waals surface area contributed by atoms with Gasteiger partial charge in [0.15, 0.2) is 0 Å². The number of likely N-dealkylation sites (N-methyl/N-ethyl adjacent to an activating group) is 1. The van der Waals surface area contributed by atoms with Crippen LogP contribution in [0.2, 0.25) is 0 Å². The number of hydrogen-bond donors (Lipinski definition) is 2. The van der Waals surface area contributed by atoms with Gasteiger partial charge in [-0.05, 0) is 20.4 Å². The maximum atomic E-state index is 9.78. The summed E-state index contributed by atoms with van der Waals surface area (Å²) >= 11 is 0. The Hall–Kier alpha value is -0.160. The molecule has 2 N–H and O–H groups in total. The average molecular weight is 205 g/mol. The van der Waals surface area contributed by atoms with Crippen LogP contribution in [0.5, 0.6) is 0 Å². The van der Waals surface area contributed by atoms with Crippen LogP contribution in [0.25, 0.3) is 0 Å². The molecule has 0 amide bonds. The monoisotopic (exact) mass is 205 g/mol. The van der Waals surface area contributed by atoms with E-state index in [1.54, 1.807) is 14.0 Å². The Morgan fingerprint density at radius 3 is 2.50 bits per heavy atom. The van der Waals surface area contributed by atoms with Crippen molar-refractivity contribution < 1.29 is 14.9 Å². The van der Waals surface area contributed by atoms with Crippen molar-refractivity contribution in [2.45, 2.75) is 32.0 Å². The lowest BCUT2D eigenvalue weighted by Gasteiger charge is -2.29. The molecule has 0 heterocycles. The number of nitrogens with zero attached hydrogens (tertiary/aromatic N) is 1. The van der Waals surface area contributed by atoms with Gasteiger partial charge in [-0.15, -0.1) is 0 Å². The van der Waals surface area contributed by atoms with E-state index in [-0.39, 0.29) is 0 Å². The molecule has 0 fully saturated rings. The molecule has 0 aliphatic carbocycles. The first-order chi connectivity index (χ1) is 6.41. The molecular weight excluding hydrogens is 182 g/mol. The Labute approximate surface area is 86.5 Å². The van der Waals surface area contributed by atoms with Gasteiger partial charge in [0.05, 0.1) is 18.3 Å². The second-order valence-corrected chi connectivity index (χ2v) is 4.16. The molecule has 14 heavy (non-hydrogen) atoms. The first kappa shape index (κ1) is 13.8. The summed E-state index contributed by atoms with van der Waals surface area (Å²) in [5.41, 5.74) is -0.679. The van der Waals surface area contributed by atoms with Gasteiger partial charge >= 0.3 is 0 Å². The Bertz CT molecular complexity index is 150. The van der Waals surface area contributed by atoms with E-state index in [2.05, 4.69) is 0 Å². The van der Waals surface area contributed by atoms with Gasteiger partial charge < -0.3 is 19.8 Å². The lowest BCUT2D eigenvalue weighted by Crippen LogP contribution is -2.42. The smallest absolute Gasteiger partial charge is 0.0899 e. The summed E-state index contributed by atoms with van der Waals surface area (Å²) in [7, 11) is 3.44. The molecule has 0 radical (unpaired) electrons. The third-order valence-electron chi connectivity index (χ3n) is 2.25. The summed E-state index contributed by atoms with van der Waals surface area (Å²) < 4.78 is 4.82. The molecule has 0 aromatic rings. The van der Waals surface area contributed by atoms with Gasteiger partial charge in [-0.1, -0.05) is 6.92 Å². The van der Waals surface area contributed by atoms with Crippen molar-refractivity contribution in [3.8, 4) is 0 Å². The Kier molecular flexibility index (Phi) is 6.27. The SMILES string of the molecule is CCC(C)(O)CN(C)CC(O)COC. The van der Waals surface area contributed by atoms with Crippen LogP contribution in [-0.2, 0) is 4.74 Å². The second-order valence-electron chi connectivity index (χ2n) is 4.16. The van der Waals surface area contributed by atoms with Gasteiger partial charge in [0.25, 0.3) is 0 Å². The Morgan fingerprint density at radius 1 is 1.50 bits per heavy atom. The lowest BCUT2D eigenvalue weighted by atomic mass is 10.0. The third kappa shape index (κ3) is 6.32. The zero-order chi connectivity index (χ0) is 11.2. The topological polar surface area (TPSA) is 52.9 Å². The molecular formula is C10H23NO3. The molecule has 2 atom stereocenters. The predicted octanol–water partition coefficient (Wildman–Crippen LogP) is 0.0865. The third-order valence-corrected chi connectivity index (χ3v) is 2.25. The van der Waals surface area contributed by atoms with E-state index in [0.717, 1.165) is 0 Å². The molecule has 0 aliphatic heterocycles. The normalized spacial score (nSPS) is 18.2. The number of methoxy groups -OCH3 is 1. The van der Waals surface area contributed by atoms with Gasteiger partial charge in [-0.25, -0.2) is 0 Å². The summed E-state index contributed by atoms with van der Waals surface area (Å²) in [5, 5.41) is 19.2. The van der Waals surface area contributed by atoms with Gasteiger partial charge in [0.2, 0.25) is 0 Å². The quantitative estimate of drug-likeness (QED) is 0.618. The van der Waals surface area contributed by atoms with Crippen LogP contribution >= 0.6 is 0 Å². The average Bonchev–Trinajstić information content (AvgIpc) is 2.03. The fraction of sp³-hybridized carbons (Fsp3) is 1.00. The highest BCUT2D eigenvalue weighted by Crippen LogP contribution is 2.09. The molecule has 0 saturated carbocycles. The molecule has 0 rings (SSSR count). The highest BCUT2D eigenvalue weighted by molar-refractivity contribution is 4.75. The van der Waals surface area contributed by atoms with Crippen LogP contribution in [0.3, 0.4) is 0 Å². The molecule has 0 aromatic carbocycles. The van der Waals surface area contributed by atoms with Crippen LogP contribution in [-0.4, -0.2) is 60.7 Å². The first-order valence-corrected chi connectivity index (χ1v) is 4.99. The number of aliphatic hydroxyl groups excluding tert-OH is 1. The molecule has 0 saturated heterocycles. The summed E-state index contributed by atoms with van der Waals surface area (Å²) in [6, 6.07) is 0. The minimum atomic E-state index is -0.679. The number of rotatable bonds is 7. The fourth-order valence-electron chi connectivity index (χ4n) is 1.36. The van der Waals surface area contributed by atoms with Gasteiger partial charge in [0.1, 0.15) is 0 Å². The van der Waals surface area contributed by atoms with E-state index in [4.69, 9.17) is 4.74 Å². The van der Waals surface area contributed by atoms with Crippen LogP contribution in [0, 0.1) is 0 Å². The molecule has 0 spiro atoms. The van der Waals surface area contributed by atoms with E-state index in [9.17, 15) is 10.2 Å². The Balaban J connectivity index is 3.79. The number of ether oxygens (including phenoxy) is 1. The maximum absolute atomic E-state index is 9.78. The summed E-state index contributed by atoms with van der Waals surface area (Å²) in [4.78, 5) is 1.91. The van der Waals surface area contributed by atoms with Gasteiger partial charge in [0, 0.05) is 20.2 Å². The van der Waals surface area contributed by atoms with E-state index in [1.165, 1.54) is 0 Å². The Morgan fingerprint density at radius 2 is 2.07 bits per heavy atom. The molecule has 86 valence electrons. The first-order valence-electron chi connectivity index (χ1n) is 4.99. The van der Waals surface area contributed by atoms with E-state index < -0.39 is 11.7 Å². The number of aliphatic hydroxyl groups is 2. The van der Waals surface area contributed by atoms with Gasteiger partial charge in [-0.3, -0.25) is 0 Å².